The van der Waals surface area contributed by atoms with Crippen molar-refractivity contribution in [1.82, 2.24) is 10.2 Å². The van der Waals surface area contributed by atoms with E-state index in [0.717, 1.165) is 43.9 Å². The molecular formula is C20H30N4O2. The Labute approximate surface area is 155 Å². The standard InChI is InChI=1S/C20H30N4O2/c25-19(15-24-13-4-2-1-3-5-14-24)22-16-8-10-17(11-9-16)23-20(26)18-7-6-12-21-18/h8-11,18,21H,1-7,12-15H2,(H,22,25)(H,23,26). The molecule has 2 aliphatic heterocycles. The van der Waals surface area contributed by atoms with E-state index in [1.165, 1.54) is 32.1 Å². The summed E-state index contributed by atoms with van der Waals surface area (Å²) in [5, 5.41) is 9.06. The molecule has 6 heteroatoms. The van der Waals surface area contributed by atoms with Crippen LogP contribution in [0.3, 0.4) is 0 Å². The lowest BCUT2D eigenvalue weighted by molar-refractivity contribution is -0.118. The van der Waals surface area contributed by atoms with Crippen LogP contribution in [0.1, 0.15) is 44.9 Å². The van der Waals surface area contributed by atoms with Gasteiger partial charge in [0.05, 0.1) is 12.6 Å². The van der Waals surface area contributed by atoms with Crippen molar-refractivity contribution in [3.63, 3.8) is 0 Å². The van der Waals surface area contributed by atoms with E-state index < -0.39 is 0 Å². The molecule has 3 N–H and O–H groups in total. The third-order valence-corrected chi connectivity index (χ3v) is 5.13. The van der Waals surface area contributed by atoms with Crippen LogP contribution in [0.4, 0.5) is 11.4 Å². The summed E-state index contributed by atoms with van der Waals surface area (Å²) < 4.78 is 0. The Hall–Kier alpha value is -1.92. The number of benzene rings is 1. The molecule has 2 fully saturated rings. The van der Waals surface area contributed by atoms with Crippen molar-refractivity contribution < 1.29 is 9.59 Å². The van der Waals surface area contributed by atoms with Gasteiger partial charge in [-0.25, -0.2) is 0 Å². The van der Waals surface area contributed by atoms with E-state index in [1.807, 2.05) is 24.3 Å². The van der Waals surface area contributed by atoms with Gasteiger partial charge in [0.1, 0.15) is 0 Å². The minimum Gasteiger partial charge on any atom is -0.325 e. The summed E-state index contributed by atoms with van der Waals surface area (Å²) in [5.74, 6) is 0.0360. The van der Waals surface area contributed by atoms with Crippen molar-refractivity contribution >= 4 is 23.2 Å². The first kappa shape index (κ1) is 18.9. The maximum atomic E-state index is 12.3. The van der Waals surface area contributed by atoms with Gasteiger partial charge in [-0.05, 0) is 69.6 Å². The molecule has 6 nitrogen and oxygen atoms in total. The second-order valence-electron chi connectivity index (χ2n) is 7.31. The Balaban J connectivity index is 1.45. The second-order valence-corrected chi connectivity index (χ2v) is 7.31. The largest absolute Gasteiger partial charge is 0.325 e. The molecule has 0 bridgehead atoms. The molecule has 0 radical (unpaired) electrons. The lowest BCUT2D eigenvalue weighted by Crippen LogP contribution is -2.35. The zero-order valence-corrected chi connectivity index (χ0v) is 15.4. The highest BCUT2D eigenvalue weighted by Crippen LogP contribution is 2.16. The van der Waals surface area contributed by atoms with E-state index >= 15 is 0 Å². The summed E-state index contributed by atoms with van der Waals surface area (Å²) in [6, 6.07) is 7.25. The highest BCUT2D eigenvalue weighted by Gasteiger charge is 2.21. The van der Waals surface area contributed by atoms with E-state index in [4.69, 9.17) is 0 Å². The number of anilines is 2. The topological polar surface area (TPSA) is 73.5 Å². The van der Waals surface area contributed by atoms with Crippen LogP contribution in [0, 0.1) is 0 Å². The van der Waals surface area contributed by atoms with Gasteiger partial charge in [-0.15, -0.1) is 0 Å². The van der Waals surface area contributed by atoms with Gasteiger partial charge in [-0.2, -0.15) is 0 Å². The molecule has 0 aliphatic carbocycles. The summed E-state index contributed by atoms with van der Waals surface area (Å²) in [6.07, 6.45) is 8.13. The van der Waals surface area contributed by atoms with Gasteiger partial charge < -0.3 is 16.0 Å². The van der Waals surface area contributed by atoms with Crippen LogP contribution in [0.2, 0.25) is 0 Å². The molecule has 0 saturated carbocycles. The van der Waals surface area contributed by atoms with Crippen molar-refractivity contribution in [2.24, 2.45) is 0 Å². The van der Waals surface area contributed by atoms with Gasteiger partial charge in [0.15, 0.2) is 0 Å². The Kier molecular flexibility index (Phi) is 7.03. The molecular weight excluding hydrogens is 328 g/mol. The van der Waals surface area contributed by atoms with Crippen molar-refractivity contribution in [2.75, 3.05) is 36.8 Å². The zero-order valence-electron chi connectivity index (χ0n) is 15.4. The smallest absolute Gasteiger partial charge is 0.241 e. The first-order chi connectivity index (χ1) is 12.7. The molecule has 1 aromatic carbocycles. The average Bonchev–Trinajstić information content (AvgIpc) is 3.14. The summed E-state index contributed by atoms with van der Waals surface area (Å²) >= 11 is 0. The van der Waals surface area contributed by atoms with E-state index in [0.29, 0.717) is 6.54 Å². The highest BCUT2D eigenvalue weighted by atomic mass is 16.2. The minimum atomic E-state index is -0.0906. The van der Waals surface area contributed by atoms with E-state index in [9.17, 15) is 9.59 Å². The number of likely N-dealkylation sites (tertiary alicyclic amines) is 1. The fourth-order valence-electron chi connectivity index (χ4n) is 3.65. The Morgan fingerprint density at radius 2 is 1.54 bits per heavy atom. The first-order valence-corrected chi connectivity index (χ1v) is 9.87. The van der Waals surface area contributed by atoms with Crippen LogP contribution in [0.25, 0.3) is 0 Å². The van der Waals surface area contributed by atoms with Crippen LogP contribution in [0.15, 0.2) is 24.3 Å². The molecule has 1 atom stereocenters. The van der Waals surface area contributed by atoms with Gasteiger partial charge in [0, 0.05) is 11.4 Å². The molecule has 2 saturated heterocycles. The van der Waals surface area contributed by atoms with Gasteiger partial charge >= 0.3 is 0 Å². The number of carbonyl (C=O) groups excluding carboxylic acids is 2. The third kappa shape index (κ3) is 5.81. The van der Waals surface area contributed by atoms with Gasteiger partial charge in [-0.3, -0.25) is 14.5 Å². The van der Waals surface area contributed by atoms with E-state index in [2.05, 4.69) is 20.9 Å². The van der Waals surface area contributed by atoms with E-state index in [-0.39, 0.29) is 17.9 Å². The van der Waals surface area contributed by atoms with Crippen molar-refractivity contribution in [1.29, 1.82) is 0 Å². The second kappa shape index (κ2) is 9.69. The molecule has 1 aromatic rings. The van der Waals surface area contributed by atoms with Crippen molar-refractivity contribution in [2.45, 2.75) is 51.0 Å². The van der Waals surface area contributed by atoms with Crippen LogP contribution >= 0.6 is 0 Å². The molecule has 2 aliphatic rings. The molecule has 26 heavy (non-hydrogen) atoms. The van der Waals surface area contributed by atoms with Crippen molar-refractivity contribution in [3.05, 3.63) is 24.3 Å². The number of nitrogens with zero attached hydrogens (tertiary/aromatic N) is 1. The quantitative estimate of drug-likeness (QED) is 0.756. The predicted molar refractivity (Wildman–Crippen MR) is 104 cm³/mol. The number of hydrogen-bond donors (Lipinski definition) is 3. The highest BCUT2D eigenvalue weighted by molar-refractivity contribution is 5.96. The molecule has 142 valence electrons. The zero-order chi connectivity index (χ0) is 18.2. The molecule has 2 heterocycles. The van der Waals surface area contributed by atoms with Crippen LogP contribution in [-0.4, -0.2) is 48.9 Å². The van der Waals surface area contributed by atoms with Crippen LogP contribution < -0.4 is 16.0 Å². The monoisotopic (exact) mass is 358 g/mol. The Morgan fingerprint density at radius 3 is 2.15 bits per heavy atom. The van der Waals surface area contributed by atoms with Crippen LogP contribution in [0.5, 0.6) is 0 Å². The number of hydrogen-bond acceptors (Lipinski definition) is 4. The molecule has 0 spiro atoms. The maximum absolute atomic E-state index is 12.3. The number of rotatable bonds is 5. The third-order valence-electron chi connectivity index (χ3n) is 5.13. The molecule has 0 aromatic heterocycles. The molecule has 3 rings (SSSR count). The van der Waals surface area contributed by atoms with Gasteiger partial charge in [0.25, 0.3) is 0 Å². The summed E-state index contributed by atoms with van der Waals surface area (Å²) in [6.45, 7) is 3.37. The molecule has 1 unspecified atom stereocenters. The summed E-state index contributed by atoms with van der Waals surface area (Å²) in [4.78, 5) is 26.6. The maximum Gasteiger partial charge on any atom is 0.241 e. The van der Waals surface area contributed by atoms with Crippen molar-refractivity contribution in [3.8, 4) is 0 Å². The SMILES string of the molecule is O=C(CN1CCCCCCC1)Nc1ccc(NC(=O)C2CCCN2)cc1. The first-order valence-electron chi connectivity index (χ1n) is 9.87. The van der Waals surface area contributed by atoms with Crippen LogP contribution in [-0.2, 0) is 9.59 Å². The fraction of sp³-hybridized carbons (Fsp3) is 0.600. The van der Waals surface area contributed by atoms with Gasteiger partial charge in [0.2, 0.25) is 11.8 Å². The Morgan fingerprint density at radius 1 is 0.923 bits per heavy atom. The summed E-state index contributed by atoms with van der Waals surface area (Å²) in [7, 11) is 0. The molecule has 2 amide bonds. The predicted octanol–water partition coefficient (Wildman–Crippen LogP) is 2.58. The normalized spacial score (nSPS) is 21.6. The van der Waals surface area contributed by atoms with Gasteiger partial charge in [-0.1, -0.05) is 19.3 Å². The lowest BCUT2D eigenvalue weighted by Gasteiger charge is -2.23. The minimum absolute atomic E-state index is 0.0105. The Bertz CT molecular complexity index is 588. The average molecular weight is 358 g/mol. The summed E-state index contributed by atoms with van der Waals surface area (Å²) in [5.41, 5.74) is 1.52. The van der Waals surface area contributed by atoms with E-state index in [1.54, 1.807) is 0 Å². The fourth-order valence-corrected chi connectivity index (χ4v) is 3.65. The number of amides is 2. The number of nitrogens with one attached hydrogen (secondary N) is 3. The number of carbonyl (C=O) groups is 2. The lowest BCUT2D eigenvalue weighted by atomic mass is 10.1.